The van der Waals surface area contributed by atoms with Crippen LogP contribution in [-0.4, -0.2) is 27.3 Å². The molecule has 4 nitrogen and oxygen atoms in total. The number of hydrogen-bond acceptors (Lipinski definition) is 4. The minimum Gasteiger partial charge on any atom is -0.399 e. The second-order valence-corrected chi connectivity index (χ2v) is 10.2. The molecule has 3 heterocycles. The number of rotatable bonds is 5. The van der Waals surface area contributed by atoms with Gasteiger partial charge in [0, 0.05) is 28.6 Å². The Kier molecular flexibility index (Phi) is 5.40. The molecular weight excluding hydrogens is 415 g/mol. The highest BCUT2D eigenvalue weighted by atomic mass is 32.2. The van der Waals surface area contributed by atoms with Gasteiger partial charge in [0.25, 0.3) is 0 Å². The fraction of sp³-hybridized carbons (Fsp3) is 0.269. The molecule has 0 unspecified atom stereocenters. The molecule has 162 valence electrons. The summed E-state index contributed by atoms with van der Waals surface area (Å²) in [5, 5.41) is 1.07. The van der Waals surface area contributed by atoms with Crippen LogP contribution in [0.25, 0.3) is 11.0 Å². The summed E-state index contributed by atoms with van der Waals surface area (Å²) in [6.45, 7) is 8.34. The SMILES string of the molecule is CC1(C)OB(c2ccnc3c2cc(Cc2ccccc2)n3Sc2ccccc2)OC1(C)C. The lowest BCUT2D eigenvalue weighted by Gasteiger charge is -2.32. The van der Waals surface area contributed by atoms with Gasteiger partial charge in [0.15, 0.2) is 0 Å². The van der Waals surface area contributed by atoms with Gasteiger partial charge >= 0.3 is 7.12 Å². The molecule has 1 fully saturated rings. The maximum Gasteiger partial charge on any atom is 0.495 e. The first kappa shape index (κ1) is 21.3. The van der Waals surface area contributed by atoms with E-state index in [0.717, 1.165) is 22.9 Å². The summed E-state index contributed by atoms with van der Waals surface area (Å²) < 4.78 is 15.0. The van der Waals surface area contributed by atoms with Crippen LogP contribution >= 0.6 is 11.9 Å². The summed E-state index contributed by atoms with van der Waals surface area (Å²) in [6.07, 6.45) is 2.68. The molecule has 0 atom stereocenters. The highest BCUT2D eigenvalue weighted by molar-refractivity contribution is 7.98. The first-order valence-corrected chi connectivity index (χ1v) is 11.7. The van der Waals surface area contributed by atoms with E-state index >= 15 is 0 Å². The predicted molar refractivity (Wildman–Crippen MR) is 132 cm³/mol. The molecule has 5 rings (SSSR count). The summed E-state index contributed by atoms with van der Waals surface area (Å²) in [4.78, 5) is 5.94. The molecule has 0 amide bonds. The average molecular weight is 442 g/mol. The minimum absolute atomic E-state index is 0.387. The lowest BCUT2D eigenvalue weighted by Crippen LogP contribution is -2.41. The van der Waals surface area contributed by atoms with Gasteiger partial charge in [0.1, 0.15) is 5.65 Å². The molecule has 6 heteroatoms. The van der Waals surface area contributed by atoms with Crippen molar-refractivity contribution in [2.24, 2.45) is 0 Å². The van der Waals surface area contributed by atoms with Crippen LogP contribution in [0.4, 0.5) is 0 Å². The van der Waals surface area contributed by atoms with E-state index in [1.165, 1.54) is 16.2 Å². The standard InChI is InChI=1S/C26H27BN2O2S/c1-25(2)26(3,4)31-27(30-25)23-15-16-28-24-22(23)18-20(17-19-11-7-5-8-12-19)29(24)32-21-13-9-6-10-14-21/h5-16,18H,17H2,1-4H3. The fourth-order valence-corrected chi connectivity index (χ4v) is 4.90. The highest BCUT2D eigenvalue weighted by Gasteiger charge is 2.52. The smallest absolute Gasteiger partial charge is 0.399 e. The number of hydrogen-bond donors (Lipinski definition) is 0. The van der Waals surface area contributed by atoms with Gasteiger partial charge < -0.3 is 9.31 Å². The van der Waals surface area contributed by atoms with Crippen LogP contribution in [0.1, 0.15) is 39.0 Å². The molecule has 32 heavy (non-hydrogen) atoms. The van der Waals surface area contributed by atoms with E-state index in [2.05, 4.69) is 92.3 Å². The molecule has 0 radical (unpaired) electrons. The molecule has 0 N–H and O–H groups in total. The number of fused-ring (bicyclic) bond motifs is 1. The quantitative estimate of drug-likeness (QED) is 0.384. The van der Waals surface area contributed by atoms with E-state index in [1.807, 2.05) is 18.3 Å². The number of nitrogens with zero attached hydrogens (tertiary/aromatic N) is 2. The van der Waals surface area contributed by atoms with Gasteiger partial charge in [-0.3, -0.25) is 3.97 Å². The van der Waals surface area contributed by atoms with Crippen LogP contribution in [0.15, 0.2) is 83.9 Å². The molecular formula is C26H27BN2O2S. The Morgan fingerprint density at radius 3 is 2.16 bits per heavy atom. The lowest BCUT2D eigenvalue weighted by atomic mass is 9.78. The summed E-state index contributed by atoms with van der Waals surface area (Å²) in [7, 11) is -0.423. The lowest BCUT2D eigenvalue weighted by molar-refractivity contribution is 0.00578. The zero-order valence-corrected chi connectivity index (χ0v) is 19.7. The Labute approximate surface area is 194 Å². The molecule has 2 aromatic heterocycles. The zero-order chi connectivity index (χ0) is 22.3. The minimum atomic E-state index is -0.423. The Bertz CT molecular complexity index is 1220. The van der Waals surface area contributed by atoms with E-state index in [1.54, 1.807) is 11.9 Å². The first-order chi connectivity index (χ1) is 15.3. The van der Waals surface area contributed by atoms with Crippen LogP contribution in [0.5, 0.6) is 0 Å². The van der Waals surface area contributed by atoms with E-state index in [4.69, 9.17) is 14.3 Å². The molecule has 0 spiro atoms. The molecule has 4 aromatic rings. The monoisotopic (exact) mass is 442 g/mol. The Balaban J connectivity index is 1.62. The Hall–Kier alpha value is -2.54. The number of pyridine rings is 1. The van der Waals surface area contributed by atoms with E-state index in [9.17, 15) is 0 Å². The summed E-state index contributed by atoms with van der Waals surface area (Å²) in [6, 6.07) is 25.2. The van der Waals surface area contributed by atoms with Crippen molar-refractivity contribution >= 4 is 35.6 Å². The van der Waals surface area contributed by atoms with E-state index in [0.29, 0.717) is 0 Å². The second-order valence-electron chi connectivity index (χ2n) is 9.22. The number of benzene rings is 2. The maximum absolute atomic E-state index is 6.38. The van der Waals surface area contributed by atoms with Gasteiger partial charge in [-0.2, -0.15) is 0 Å². The van der Waals surface area contributed by atoms with Gasteiger partial charge in [-0.05, 0) is 74.9 Å². The fourth-order valence-electron chi connectivity index (χ4n) is 3.94. The second kappa shape index (κ2) is 8.11. The average Bonchev–Trinajstić information content (AvgIpc) is 3.22. The molecule has 2 aromatic carbocycles. The van der Waals surface area contributed by atoms with Gasteiger partial charge in [0.05, 0.1) is 11.2 Å². The van der Waals surface area contributed by atoms with Crippen molar-refractivity contribution in [2.45, 2.75) is 50.2 Å². The van der Waals surface area contributed by atoms with Crippen molar-refractivity contribution < 1.29 is 9.31 Å². The molecule has 0 bridgehead atoms. The molecule has 0 saturated carbocycles. The van der Waals surface area contributed by atoms with E-state index in [-0.39, 0.29) is 11.2 Å². The molecule has 0 aliphatic carbocycles. The van der Waals surface area contributed by atoms with Crippen molar-refractivity contribution in [3.05, 3.63) is 90.3 Å². The topological polar surface area (TPSA) is 36.3 Å². The molecule has 1 aliphatic rings. The summed E-state index contributed by atoms with van der Waals surface area (Å²) >= 11 is 1.69. The largest absolute Gasteiger partial charge is 0.495 e. The maximum atomic E-state index is 6.38. The van der Waals surface area contributed by atoms with Crippen molar-refractivity contribution in [1.82, 2.24) is 8.96 Å². The van der Waals surface area contributed by atoms with Crippen LogP contribution in [0, 0.1) is 0 Å². The van der Waals surface area contributed by atoms with Crippen LogP contribution in [-0.2, 0) is 15.7 Å². The zero-order valence-electron chi connectivity index (χ0n) is 18.9. The third-order valence-electron chi connectivity index (χ3n) is 6.44. The van der Waals surface area contributed by atoms with Crippen LogP contribution < -0.4 is 5.46 Å². The highest BCUT2D eigenvalue weighted by Crippen LogP contribution is 2.37. The summed E-state index contributed by atoms with van der Waals surface area (Å²) in [5.74, 6) is 0. The van der Waals surface area contributed by atoms with Crippen molar-refractivity contribution in [3.63, 3.8) is 0 Å². The van der Waals surface area contributed by atoms with E-state index < -0.39 is 7.12 Å². The van der Waals surface area contributed by atoms with Gasteiger partial charge in [-0.25, -0.2) is 4.98 Å². The third-order valence-corrected chi connectivity index (χ3v) is 7.52. The predicted octanol–water partition coefficient (Wildman–Crippen LogP) is 5.48. The Morgan fingerprint density at radius 2 is 1.50 bits per heavy atom. The van der Waals surface area contributed by atoms with Gasteiger partial charge in [0.2, 0.25) is 0 Å². The third kappa shape index (κ3) is 3.87. The first-order valence-electron chi connectivity index (χ1n) is 11.0. The summed E-state index contributed by atoms with van der Waals surface area (Å²) in [5.41, 5.74) is 3.63. The number of aromatic nitrogens is 2. The van der Waals surface area contributed by atoms with Crippen LogP contribution in [0.2, 0.25) is 0 Å². The normalized spacial score (nSPS) is 17.2. The van der Waals surface area contributed by atoms with Gasteiger partial charge in [-0.15, -0.1) is 0 Å². The molecule has 1 aliphatic heterocycles. The van der Waals surface area contributed by atoms with Gasteiger partial charge in [-0.1, -0.05) is 48.5 Å². The Morgan fingerprint density at radius 1 is 0.875 bits per heavy atom. The van der Waals surface area contributed by atoms with Crippen LogP contribution in [0.3, 0.4) is 0 Å². The van der Waals surface area contributed by atoms with Crippen molar-refractivity contribution in [1.29, 1.82) is 0 Å². The van der Waals surface area contributed by atoms with Crippen molar-refractivity contribution in [2.75, 3.05) is 0 Å². The van der Waals surface area contributed by atoms with Crippen molar-refractivity contribution in [3.8, 4) is 0 Å². The molecule has 1 saturated heterocycles.